The van der Waals surface area contributed by atoms with Gasteiger partial charge in [0.15, 0.2) is 0 Å². The SMILES string of the molecule is COc1cc(C(C)C)ccc1C1CC1C(=O)O. The lowest BCUT2D eigenvalue weighted by molar-refractivity contribution is -0.138. The monoisotopic (exact) mass is 234 g/mol. The second-order valence-corrected chi connectivity index (χ2v) is 4.94. The van der Waals surface area contributed by atoms with Gasteiger partial charge in [0.1, 0.15) is 5.75 Å². The molecule has 0 aromatic heterocycles. The summed E-state index contributed by atoms with van der Waals surface area (Å²) >= 11 is 0. The van der Waals surface area contributed by atoms with Crippen molar-refractivity contribution in [1.29, 1.82) is 0 Å². The van der Waals surface area contributed by atoms with Crippen LogP contribution in [0.15, 0.2) is 18.2 Å². The first-order valence-corrected chi connectivity index (χ1v) is 5.95. The van der Waals surface area contributed by atoms with Crippen molar-refractivity contribution >= 4 is 5.97 Å². The van der Waals surface area contributed by atoms with Gasteiger partial charge >= 0.3 is 5.97 Å². The molecule has 2 unspecified atom stereocenters. The minimum absolute atomic E-state index is 0.128. The van der Waals surface area contributed by atoms with Crippen LogP contribution in [0.3, 0.4) is 0 Å². The average Bonchev–Trinajstić information content (AvgIpc) is 3.08. The van der Waals surface area contributed by atoms with Crippen molar-refractivity contribution in [2.45, 2.75) is 32.1 Å². The standard InChI is InChI=1S/C14H18O3/c1-8(2)9-4-5-10(13(6-9)17-3)11-7-12(11)14(15)16/h4-6,8,11-12H,7H2,1-3H3,(H,15,16). The van der Waals surface area contributed by atoms with E-state index in [2.05, 4.69) is 19.9 Å². The average molecular weight is 234 g/mol. The Morgan fingerprint density at radius 1 is 1.47 bits per heavy atom. The summed E-state index contributed by atoms with van der Waals surface area (Å²) in [7, 11) is 1.64. The van der Waals surface area contributed by atoms with Crippen LogP contribution in [0.1, 0.15) is 43.2 Å². The summed E-state index contributed by atoms with van der Waals surface area (Å²) in [5.74, 6) is 0.472. The van der Waals surface area contributed by atoms with Gasteiger partial charge < -0.3 is 9.84 Å². The first-order valence-electron chi connectivity index (χ1n) is 5.95. The third-order valence-electron chi connectivity index (χ3n) is 3.43. The molecule has 1 fully saturated rings. The maximum absolute atomic E-state index is 10.9. The minimum atomic E-state index is -0.704. The number of hydrogen-bond acceptors (Lipinski definition) is 2. The number of ether oxygens (including phenoxy) is 1. The Bertz CT molecular complexity index is 437. The van der Waals surface area contributed by atoms with E-state index in [4.69, 9.17) is 9.84 Å². The molecule has 0 radical (unpaired) electrons. The van der Waals surface area contributed by atoms with E-state index < -0.39 is 5.97 Å². The quantitative estimate of drug-likeness (QED) is 0.871. The molecule has 0 heterocycles. The predicted molar refractivity (Wildman–Crippen MR) is 65.6 cm³/mol. The first kappa shape index (κ1) is 12.0. The van der Waals surface area contributed by atoms with Gasteiger partial charge in [0.05, 0.1) is 13.0 Å². The van der Waals surface area contributed by atoms with Gasteiger partial charge in [-0.3, -0.25) is 4.79 Å². The summed E-state index contributed by atoms with van der Waals surface area (Å²) < 4.78 is 5.37. The van der Waals surface area contributed by atoms with Gasteiger partial charge in [-0.1, -0.05) is 26.0 Å². The van der Waals surface area contributed by atoms with Gasteiger partial charge in [-0.2, -0.15) is 0 Å². The number of aliphatic carboxylic acids is 1. The zero-order valence-corrected chi connectivity index (χ0v) is 10.4. The Kier molecular flexibility index (Phi) is 3.09. The number of rotatable bonds is 4. The van der Waals surface area contributed by atoms with Crippen LogP contribution in [-0.2, 0) is 4.79 Å². The lowest BCUT2D eigenvalue weighted by Gasteiger charge is -2.12. The molecule has 1 aliphatic rings. The van der Waals surface area contributed by atoms with E-state index in [9.17, 15) is 4.79 Å². The maximum atomic E-state index is 10.9. The first-order chi connectivity index (χ1) is 8.04. The van der Waals surface area contributed by atoms with Crippen LogP contribution in [0.4, 0.5) is 0 Å². The molecule has 3 heteroatoms. The van der Waals surface area contributed by atoms with Gasteiger partial charge in [0, 0.05) is 5.92 Å². The van der Waals surface area contributed by atoms with Crippen molar-refractivity contribution in [3.63, 3.8) is 0 Å². The van der Waals surface area contributed by atoms with E-state index in [-0.39, 0.29) is 11.8 Å². The molecule has 0 aliphatic heterocycles. The molecule has 0 saturated heterocycles. The molecule has 2 atom stereocenters. The van der Waals surface area contributed by atoms with Gasteiger partial charge in [0.25, 0.3) is 0 Å². The molecule has 17 heavy (non-hydrogen) atoms. The fraction of sp³-hybridized carbons (Fsp3) is 0.500. The molecule has 1 saturated carbocycles. The molecule has 3 nitrogen and oxygen atoms in total. The zero-order valence-electron chi connectivity index (χ0n) is 10.4. The smallest absolute Gasteiger partial charge is 0.307 e. The van der Waals surface area contributed by atoms with Gasteiger partial charge in [-0.05, 0) is 29.5 Å². The molecular formula is C14H18O3. The highest BCUT2D eigenvalue weighted by Crippen LogP contribution is 2.50. The van der Waals surface area contributed by atoms with E-state index >= 15 is 0 Å². The summed E-state index contributed by atoms with van der Waals surface area (Å²) in [6, 6.07) is 6.11. The van der Waals surface area contributed by atoms with E-state index in [1.165, 1.54) is 5.56 Å². The largest absolute Gasteiger partial charge is 0.496 e. The summed E-state index contributed by atoms with van der Waals surface area (Å²) in [4.78, 5) is 10.9. The van der Waals surface area contributed by atoms with E-state index in [0.29, 0.717) is 5.92 Å². The Labute approximate surface area is 101 Å². The van der Waals surface area contributed by atoms with Crippen LogP contribution in [0, 0.1) is 5.92 Å². The highest BCUT2D eigenvalue weighted by Gasteiger charge is 2.45. The normalized spacial score (nSPS) is 22.6. The number of carbonyl (C=O) groups is 1. The lowest BCUT2D eigenvalue weighted by Crippen LogP contribution is -2.00. The Balaban J connectivity index is 2.27. The van der Waals surface area contributed by atoms with Crippen LogP contribution in [0.25, 0.3) is 0 Å². The van der Waals surface area contributed by atoms with E-state index in [1.54, 1.807) is 7.11 Å². The van der Waals surface area contributed by atoms with Crippen LogP contribution < -0.4 is 4.74 Å². The molecule has 0 spiro atoms. The van der Waals surface area contributed by atoms with Gasteiger partial charge in [-0.15, -0.1) is 0 Å². The topological polar surface area (TPSA) is 46.5 Å². The molecule has 1 aliphatic carbocycles. The Hall–Kier alpha value is -1.51. The third kappa shape index (κ3) is 2.28. The minimum Gasteiger partial charge on any atom is -0.496 e. The summed E-state index contributed by atoms with van der Waals surface area (Å²) in [6.07, 6.45) is 0.729. The van der Waals surface area contributed by atoms with Crippen molar-refractivity contribution in [3.05, 3.63) is 29.3 Å². The molecule has 92 valence electrons. The number of hydrogen-bond donors (Lipinski definition) is 1. The van der Waals surface area contributed by atoms with Crippen LogP contribution in [0.5, 0.6) is 5.75 Å². The highest BCUT2D eigenvalue weighted by atomic mass is 16.5. The molecule has 1 aromatic rings. The third-order valence-corrected chi connectivity index (χ3v) is 3.43. The summed E-state index contributed by atoms with van der Waals surface area (Å²) in [5.41, 5.74) is 2.25. The van der Waals surface area contributed by atoms with Crippen LogP contribution >= 0.6 is 0 Å². The van der Waals surface area contributed by atoms with Crippen molar-refractivity contribution in [1.82, 2.24) is 0 Å². The number of carboxylic acid groups (broad SMARTS) is 1. The zero-order chi connectivity index (χ0) is 12.6. The number of benzene rings is 1. The number of carboxylic acids is 1. The van der Waals surface area contributed by atoms with Crippen molar-refractivity contribution in [2.24, 2.45) is 5.92 Å². The molecule has 1 aromatic carbocycles. The maximum Gasteiger partial charge on any atom is 0.307 e. The van der Waals surface area contributed by atoms with Gasteiger partial charge in [-0.25, -0.2) is 0 Å². The molecular weight excluding hydrogens is 216 g/mol. The van der Waals surface area contributed by atoms with Crippen molar-refractivity contribution in [2.75, 3.05) is 7.11 Å². The molecule has 0 bridgehead atoms. The fourth-order valence-corrected chi connectivity index (χ4v) is 2.20. The highest BCUT2D eigenvalue weighted by molar-refractivity contribution is 5.75. The second-order valence-electron chi connectivity index (χ2n) is 4.94. The summed E-state index contributed by atoms with van der Waals surface area (Å²) in [5, 5.41) is 8.95. The Morgan fingerprint density at radius 3 is 2.65 bits per heavy atom. The lowest BCUT2D eigenvalue weighted by atomic mass is 9.98. The van der Waals surface area contributed by atoms with Gasteiger partial charge in [0.2, 0.25) is 0 Å². The van der Waals surface area contributed by atoms with E-state index in [0.717, 1.165) is 17.7 Å². The van der Waals surface area contributed by atoms with Crippen LogP contribution in [0.2, 0.25) is 0 Å². The molecule has 1 N–H and O–H groups in total. The predicted octanol–water partition coefficient (Wildman–Crippen LogP) is 3.01. The van der Waals surface area contributed by atoms with Crippen molar-refractivity contribution < 1.29 is 14.6 Å². The molecule has 0 amide bonds. The fourth-order valence-electron chi connectivity index (χ4n) is 2.20. The second kappa shape index (κ2) is 4.40. The summed E-state index contributed by atoms with van der Waals surface area (Å²) in [6.45, 7) is 4.26. The Morgan fingerprint density at radius 2 is 2.18 bits per heavy atom. The molecule has 2 rings (SSSR count). The van der Waals surface area contributed by atoms with Crippen molar-refractivity contribution in [3.8, 4) is 5.75 Å². The number of methoxy groups -OCH3 is 1. The van der Waals surface area contributed by atoms with E-state index in [1.807, 2.05) is 12.1 Å². The van der Waals surface area contributed by atoms with Crippen LogP contribution in [-0.4, -0.2) is 18.2 Å².